The molecule has 2 atom stereocenters. The van der Waals surface area contributed by atoms with E-state index in [9.17, 15) is 19.1 Å². The van der Waals surface area contributed by atoms with Gasteiger partial charge in [-0.15, -0.1) is 11.3 Å². The number of carbonyl (C=O) groups excluding carboxylic acids is 1. The first kappa shape index (κ1) is 14.4. The van der Waals surface area contributed by atoms with Gasteiger partial charge in [-0.2, -0.15) is 0 Å². The second-order valence-electron chi connectivity index (χ2n) is 4.29. The van der Waals surface area contributed by atoms with Crippen molar-refractivity contribution in [1.29, 1.82) is 0 Å². The summed E-state index contributed by atoms with van der Waals surface area (Å²) in [5, 5.41) is 20.7. The van der Waals surface area contributed by atoms with Crippen LogP contribution in [0.15, 0.2) is 24.3 Å². The summed E-state index contributed by atoms with van der Waals surface area (Å²) in [5.41, 5.74) is 0. The minimum atomic E-state index is -1.41. The number of carbonyl (C=O) groups is 2. The van der Waals surface area contributed by atoms with E-state index in [0.29, 0.717) is 10.1 Å². The van der Waals surface area contributed by atoms with E-state index in [1.807, 2.05) is 0 Å². The number of amides is 1. The average Bonchev–Trinajstić information content (AvgIpc) is 2.80. The van der Waals surface area contributed by atoms with Gasteiger partial charge in [0, 0.05) is 10.1 Å². The minimum Gasteiger partial charge on any atom is -0.480 e. The molecule has 2 aromatic rings. The molecule has 1 aromatic carbocycles. The zero-order valence-corrected chi connectivity index (χ0v) is 11.3. The van der Waals surface area contributed by atoms with Crippen LogP contribution in [-0.4, -0.2) is 34.2 Å². The number of aliphatic carboxylic acids is 1. The third kappa shape index (κ3) is 2.78. The lowest BCUT2D eigenvalue weighted by molar-refractivity contribution is -0.141. The Labute approximate surface area is 117 Å². The van der Waals surface area contributed by atoms with Crippen LogP contribution >= 0.6 is 11.3 Å². The van der Waals surface area contributed by atoms with E-state index >= 15 is 0 Å². The van der Waals surface area contributed by atoms with Crippen LogP contribution in [0.3, 0.4) is 0 Å². The van der Waals surface area contributed by atoms with Gasteiger partial charge in [-0.3, -0.25) is 4.79 Å². The normalized spacial score (nSPS) is 13.9. The Balaban J connectivity index is 2.27. The van der Waals surface area contributed by atoms with Crippen LogP contribution in [0.5, 0.6) is 0 Å². The first-order valence-corrected chi connectivity index (χ1v) is 6.61. The number of hydrogen-bond donors (Lipinski definition) is 3. The molecule has 20 heavy (non-hydrogen) atoms. The van der Waals surface area contributed by atoms with E-state index in [-0.39, 0.29) is 4.88 Å². The molecule has 1 amide bonds. The highest BCUT2D eigenvalue weighted by atomic mass is 32.1. The number of fused-ring (bicyclic) bond motifs is 1. The number of benzene rings is 1. The zero-order chi connectivity index (χ0) is 14.9. The molecule has 0 aliphatic rings. The predicted octanol–water partition coefficient (Wildman–Crippen LogP) is 1.60. The number of halogens is 1. The molecule has 7 heteroatoms. The van der Waals surface area contributed by atoms with Crippen molar-refractivity contribution >= 4 is 33.3 Å². The molecule has 1 heterocycles. The van der Waals surface area contributed by atoms with E-state index in [1.165, 1.54) is 25.1 Å². The summed E-state index contributed by atoms with van der Waals surface area (Å²) in [6.07, 6.45) is -1.23. The van der Waals surface area contributed by atoms with E-state index < -0.39 is 29.8 Å². The van der Waals surface area contributed by atoms with Gasteiger partial charge in [-0.1, -0.05) is 6.07 Å². The van der Waals surface area contributed by atoms with Crippen molar-refractivity contribution < 1.29 is 24.2 Å². The van der Waals surface area contributed by atoms with Gasteiger partial charge in [0.25, 0.3) is 5.91 Å². The molecule has 1 aromatic heterocycles. The molecule has 0 unspecified atom stereocenters. The number of rotatable bonds is 4. The Morgan fingerprint density at radius 1 is 1.40 bits per heavy atom. The molecule has 2 rings (SSSR count). The maximum absolute atomic E-state index is 13.5. The minimum absolute atomic E-state index is 0.192. The fourth-order valence-corrected chi connectivity index (χ4v) is 2.72. The number of thiophene rings is 1. The van der Waals surface area contributed by atoms with Crippen molar-refractivity contribution in [1.82, 2.24) is 5.32 Å². The molecule has 106 valence electrons. The third-order valence-corrected chi connectivity index (χ3v) is 3.87. The van der Waals surface area contributed by atoms with Gasteiger partial charge >= 0.3 is 5.97 Å². The van der Waals surface area contributed by atoms with Gasteiger partial charge in [0.2, 0.25) is 0 Å². The number of aliphatic hydroxyl groups is 1. The van der Waals surface area contributed by atoms with Crippen LogP contribution in [-0.2, 0) is 4.79 Å². The summed E-state index contributed by atoms with van der Waals surface area (Å²) in [7, 11) is 0. The summed E-state index contributed by atoms with van der Waals surface area (Å²) in [6.45, 7) is 1.27. The molecule has 5 nitrogen and oxygen atoms in total. The molecule has 0 spiro atoms. The summed E-state index contributed by atoms with van der Waals surface area (Å²) >= 11 is 1.06. The fraction of sp³-hybridized carbons (Fsp3) is 0.231. The molecule has 3 N–H and O–H groups in total. The Hall–Kier alpha value is -1.99. The Kier molecular flexibility index (Phi) is 4.01. The Morgan fingerprint density at radius 3 is 2.65 bits per heavy atom. The van der Waals surface area contributed by atoms with Crippen molar-refractivity contribution in [2.75, 3.05) is 0 Å². The third-order valence-electron chi connectivity index (χ3n) is 2.77. The number of nitrogens with one attached hydrogen (secondary N) is 1. The lowest BCUT2D eigenvalue weighted by atomic mass is 10.2. The van der Waals surface area contributed by atoms with Gasteiger partial charge in [-0.05, 0) is 25.1 Å². The number of aliphatic hydroxyl groups excluding tert-OH is 1. The van der Waals surface area contributed by atoms with Crippen LogP contribution in [0.25, 0.3) is 10.1 Å². The van der Waals surface area contributed by atoms with Crippen LogP contribution in [0.4, 0.5) is 4.39 Å². The highest BCUT2D eigenvalue weighted by Crippen LogP contribution is 2.27. The summed E-state index contributed by atoms with van der Waals surface area (Å²) in [6, 6.07) is 4.45. The first-order chi connectivity index (χ1) is 9.40. The van der Waals surface area contributed by atoms with Gasteiger partial charge in [0.1, 0.15) is 5.82 Å². The second kappa shape index (κ2) is 5.56. The number of carboxylic acid groups (broad SMARTS) is 1. The maximum atomic E-state index is 13.5. The van der Waals surface area contributed by atoms with Gasteiger partial charge < -0.3 is 15.5 Å². The zero-order valence-electron chi connectivity index (χ0n) is 10.5. The Morgan fingerprint density at radius 2 is 2.10 bits per heavy atom. The average molecular weight is 297 g/mol. The maximum Gasteiger partial charge on any atom is 0.328 e. The van der Waals surface area contributed by atoms with Crippen LogP contribution < -0.4 is 5.32 Å². The molecule has 0 saturated carbocycles. The topological polar surface area (TPSA) is 86.6 Å². The molecule has 0 bridgehead atoms. The molecular formula is C13H12FNO4S. The molecule has 0 aliphatic heterocycles. The van der Waals surface area contributed by atoms with Crippen molar-refractivity contribution in [2.24, 2.45) is 0 Å². The van der Waals surface area contributed by atoms with E-state index in [0.717, 1.165) is 11.3 Å². The lowest BCUT2D eigenvalue weighted by Crippen LogP contribution is -2.47. The van der Waals surface area contributed by atoms with E-state index in [2.05, 4.69) is 5.32 Å². The Bertz CT molecular complexity index is 667. The van der Waals surface area contributed by atoms with E-state index in [1.54, 1.807) is 6.07 Å². The largest absolute Gasteiger partial charge is 0.480 e. The first-order valence-electron chi connectivity index (χ1n) is 5.80. The summed E-state index contributed by atoms with van der Waals surface area (Å²) in [5.74, 6) is -2.43. The standard InChI is InChI=1S/C13H12FNO4S/c1-6(16)11(13(18)19)15-12(17)10-5-7-8(14)3-2-4-9(7)20-10/h2-6,11,16H,1H3,(H,15,17)(H,18,19)/t6-,11+/m1/s1. The van der Waals surface area contributed by atoms with Crippen molar-refractivity contribution in [3.8, 4) is 0 Å². The highest BCUT2D eigenvalue weighted by molar-refractivity contribution is 7.20. The summed E-state index contributed by atoms with van der Waals surface area (Å²) < 4.78 is 14.1. The van der Waals surface area contributed by atoms with Crippen LogP contribution in [0.1, 0.15) is 16.6 Å². The van der Waals surface area contributed by atoms with Crippen LogP contribution in [0.2, 0.25) is 0 Å². The summed E-state index contributed by atoms with van der Waals surface area (Å²) in [4.78, 5) is 23.0. The number of carboxylic acids is 1. The van der Waals surface area contributed by atoms with E-state index in [4.69, 9.17) is 5.11 Å². The van der Waals surface area contributed by atoms with Gasteiger partial charge in [-0.25, -0.2) is 9.18 Å². The molecule has 0 radical (unpaired) electrons. The molecular weight excluding hydrogens is 285 g/mol. The fourth-order valence-electron chi connectivity index (χ4n) is 1.74. The SMILES string of the molecule is C[C@@H](O)[C@H](NC(=O)c1cc2c(F)cccc2s1)C(=O)O. The van der Waals surface area contributed by atoms with Crippen molar-refractivity contribution in [3.63, 3.8) is 0 Å². The van der Waals surface area contributed by atoms with Crippen molar-refractivity contribution in [2.45, 2.75) is 19.1 Å². The monoisotopic (exact) mass is 297 g/mol. The lowest BCUT2D eigenvalue weighted by Gasteiger charge is -2.16. The molecule has 0 fully saturated rings. The number of hydrogen-bond acceptors (Lipinski definition) is 4. The second-order valence-corrected chi connectivity index (χ2v) is 5.38. The van der Waals surface area contributed by atoms with Crippen LogP contribution in [0, 0.1) is 5.82 Å². The highest BCUT2D eigenvalue weighted by Gasteiger charge is 2.26. The predicted molar refractivity (Wildman–Crippen MR) is 72.4 cm³/mol. The van der Waals surface area contributed by atoms with Crippen molar-refractivity contribution in [3.05, 3.63) is 35.0 Å². The molecule has 0 aliphatic carbocycles. The molecule has 0 saturated heterocycles. The smallest absolute Gasteiger partial charge is 0.328 e. The van der Waals surface area contributed by atoms with Gasteiger partial charge in [0.05, 0.1) is 11.0 Å². The quantitative estimate of drug-likeness (QED) is 0.800. The van der Waals surface area contributed by atoms with Gasteiger partial charge in [0.15, 0.2) is 6.04 Å².